The average Bonchev–Trinajstić information content (AvgIpc) is 2.53. The molecule has 22 heavy (non-hydrogen) atoms. The van der Waals surface area contributed by atoms with Gasteiger partial charge in [-0.1, -0.05) is 75.8 Å². The highest BCUT2D eigenvalue weighted by atomic mass is 35.5. The number of allylic oxidation sites excluding steroid dienone is 2. The Morgan fingerprint density at radius 1 is 1.18 bits per heavy atom. The van der Waals surface area contributed by atoms with E-state index in [2.05, 4.69) is 19.9 Å². The first-order valence-corrected chi connectivity index (χ1v) is 9.21. The minimum absolute atomic E-state index is 0.216. The summed E-state index contributed by atoms with van der Waals surface area (Å²) in [5.74, 6) is 0.588. The highest BCUT2D eigenvalue weighted by Gasteiger charge is 2.19. The smallest absolute Gasteiger partial charge is 0.145 e. The van der Waals surface area contributed by atoms with E-state index in [1.165, 1.54) is 37.7 Å². The number of aryl methyl sites for hydroxylation is 1. The summed E-state index contributed by atoms with van der Waals surface area (Å²) in [5, 5.41) is 0.321. The molecule has 0 heterocycles. The predicted molar refractivity (Wildman–Crippen MR) is 94.9 cm³/mol. The number of hydrogen-bond donors (Lipinski definition) is 0. The third kappa shape index (κ3) is 4.35. The van der Waals surface area contributed by atoms with Gasteiger partial charge in [-0.2, -0.15) is 0 Å². The second kappa shape index (κ2) is 8.72. The summed E-state index contributed by atoms with van der Waals surface area (Å²) in [7, 11) is 0. The van der Waals surface area contributed by atoms with Crippen LogP contribution in [0.2, 0.25) is 5.02 Å². The van der Waals surface area contributed by atoms with Crippen molar-refractivity contribution in [2.24, 2.45) is 5.92 Å². The van der Waals surface area contributed by atoms with E-state index < -0.39 is 0 Å². The minimum atomic E-state index is -0.216. The van der Waals surface area contributed by atoms with Gasteiger partial charge in [-0.3, -0.25) is 0 Å². The normalized spacial score (nSPS) is 18.4. The molecule has 0 saturated heterocycles. The lowest BCUT2D eigenvalue weighted by atomic mass is 9.83. The number of halogens is 2. The number of unbranched alkanes of at least 4 members (excludes halogenated alkanes) is 2. The minimum Gasteiger partial charge on any atom is -0.205 e. The lowest BCUT2D eigenvalue weighted by Gasteiger charge is -2.23. The molecular formula is C20H28ClF. The van der Waals surface area contributed by atoms with Gasteiger partial charge in [0.1, 0.15) is 5.82 Å². The molecule has 1 aromatic rings. The summed E-state index contributed by atoms with van der Waals surface area (Å²) in [5.41, 5.74) is 2.88. The molecule has 0 saturated carbocycles. The van der Waals surface area contributed by atoms with E-state index in [1.807, 2.05) is 12.1 Å². The molecule has 0 N–H and O–H groups in total. The second-order valence-electron chi connectivity index (χ2n) is 6.52. The number of benzene rings is 1. The van der Waals surface area contributed by atoms with Crippen LogP contribution in [-0.2, 0) is 6.42 Å². The van der Waals surface area contributed by atoms with Gasteiger partial charge < -0.3 is 0 Å². The summed E-state index contributed by atoms with van der Waals surface area (Å²) < 4.78 is 14.3. The summed E-state index contributed by atoms with van der Waals surface area (Å²) in [4.78, 5) is 0. The third-order valence-electron chi connectivity index (χ3n) is 4.76. The van der Waals surface area contributed by atoms with E-state index in [-0.39, 0.29) is 5.82 Å². The van der Waals surface area contributed by atoms with Gasteiger partial charge in [0.15, 0.2) is 0 Å². The van der Waals surface area contributed by atoms with Crippen molar-refractivity contribution in [1.29, 1.82) is 0 Å². The molecule has 0 spiro atoms. The van der Waals surface area contributed by atoms with Crippen LogP contribution in [0.4, 0.5) is 4.39 Å². The topological polar surface area (TPSA) is 0 Å². The fourth-order valence-electron chi connectivity index (χ4n) is 3.38. The van der Waals surface area contributed by atoms with Crippen LogP contribution in [0.5, 0.6) is 0 Å². The van der Waals surface area contributed by atoms with E-state index in [9.17, 15) is 4.39 Å². The Hall–Kier alpha value is -0.820. The SMILES string of the molecule is CCCCCC1CC=C(c2ccc(CCC)c(F)c2Cl)CC1. The second-order valence-corrected chi connectivity index (χ2v) is 6.89. The van der Waals surface area contributed by atoms with Gasteiger partial charge in [-0.15, -0.1) is 0 Å². The molecule has 0 bridgehead atoms. The van der Waals surface area contributed by atoms with Crippen molar-refractivity contribution in [3.05, 3.63) is 40.2 Å². The largest absolute Gasteiger partial charge is 0.205 e. The van der Waals surface area contributed by atoms with Crippen LogP contribution in [0.15, 0.2) is 18.2 Å². The van der Waals surface area contributed by atoms with Crippen molar-refractivity contribution >= 4 is 17.2 Å². The lowest BCUT2D eigenvalue weighted by Crippen LogP contribution is -2.06. The van der Waals surface area contributed by atoms with Crippen molar-refractivity contribution < 1.29 is 4.39 Å². The molecule has 0 aliphatic heterocycles. The molecule has 1 unspecified atom stereocenters. The molecule has 1 aliphatic carbocycles. The van der Waals surface area contributed by atoms with Crippen LogP contribution >= 0.6 is 11.6 Å². The van der Waals surface area contributed by atoms with Gasteiger partial charge in [0.25, 0.3) is 0 Å². The van der Waals surface area contributed by atoms with Gasteiger partial charge >= 0.3 is 0 Å². The van der Waals surface area contributed by atoms with Gasteiger partial charge in [0.2, 0.25) is 0 Å². The first-order chi connectivity index (χ1) is 10.7. The first kappa shape index (κ1) is 17.5. The maximum atomic E-state index is 14.3. The fraction of sp³-hybridized carbons (Fsp3) is 0.600. The molecule has 0 aromatic heterocycles. The Labute approximate surface area is 139 Å². The molecule has 122 valence electrons. The zero-order valence-corrected chi connectivity index (χ0v) is 14.7. The molecule has 1 atom stereocenters. The van der Waals surface area contributed by atoms with Crippen molar-refractivity contribution in [2.75, 3.05) is 0 Å². The fourth-order valence-corrected chi connectivity index (χ4v) is 3.68. The van der Waals surface area contributed by atoms with Gasteiger partial charge in [0, 0.05) is 0 Å². The van der Waals surface area contributed by atoms with Crippen LogP contribution in [-0.4, -0.2) is 0 Å². The number of hydrogen-bond acceptors (Lipinski definition) is 0. The molecule has 2 heteroatoms. The van der Waals surface area contributed by atoms with Crippen LogP contribution < -0.4 is 0 Å². The Bertz CT molecular complexity index is 519. The van der Waals surface area contributed by atoms with Gasteiger partial charge in [-0.25, -0.2) is 4.39 Å². The summed E-state index contributed by atoms with van der Waals surface area (Å²) in [6.45, 7) is 4.31. The Balaban J connectivity index is 2.05. The zero-order chi connectivity index (χ0) is 15.9. The Morgan fingerprint density at radius 3 is 2.64 bits per heavy atom. The predicted octanol–water partition coefficient (Wildman–Crippen LogP) is 7.20. The highest BCUT2D eigenvalue weighted by Crippen LogP contribution is 2.37. The van der Waals surface area contributed by atoms with Crippen LogP contribution in [0, 0.1) is 11.7 Å². The summed E-state index contributed by atoms with van der Waals surface area (Å²) >= 11 is 6.29. The lowest BCUT2D eigenvalue weighted by molar-refractivity contribution is 0.428. The molecule has 2 rings (SSSR count). The quantitative estimate of drug-likeness (QED) is 0.466. The molecule has 1 aliphatic rings. The van der Waals surface area contributed by atoms with E-state index in [4.69, 9.17) is 11.6 Å². The van der Waals surface area contributed by atoms with Gasteiger partial charge in [-0.05, 0) is 48.3 Å². The number of rotatable bonds is 7. The third-order valence-corrected chi connectivity index (χ3v) is 5.13. The van der Waals surface area contributed by atoms with E-state index >= 15 is 0 Å². The summed E-state index contributed by atoms with van der Waals surface area (Å²) in [6, 6.07) is 3.92. The Kier molecular flexibility index (Phi) is 6.95. The molecule has 0 nitrogen and oxygen atoms in total. The van der Waals surface area contributed by atoms with E-state index in [0.717, 1.165) is 42.7 Å². The van der Waals surface area contributed by atoms with E-state index in [0.29, 0.717) is 5.02 Å². The van der Waals surface area contributed by atoms with Crippen LogP contribution in [0.25, 0.3) is 5.57 Å². The maximum Gasteiger partial charge on any atom is 0.145 e. The van der Waals surface area contributed by atoms with Crippen molar-refractivity contribution in [1.82, 2.24) is 0 Å². The molecule has 0 amide bonds. The molecule has 0 fully saturated rings. The molecular weight excluding hydrogens is 295 g/mol. The molecule has 0 radical (unpaired) electrons. The monoisotopic (exact) mass is 322 g/mol. The first-order valence-electron chi connectivity index (χ1n) is 8.83. The van der Waals surface area contributed by atoms with Crippen molar-refractivity contribution in [3.8, 4) is 0 Å². The average molecular weight is 323 g/mol. The zero-order valence-electron chi connectivity index (χ0n) is 13.9. The Morgan fingerprint density at radius 2 is 2.00 bits per heavy atom. The van der Waals surface area contributed by atoms with Crippen molar-refractivity contribution in [2.45, 2.75) is 71.6 Å². The van der Waals surface area contributed by atoms with Crippen LogP contribution in [0.3, 0.4) is 0 Å². The maximum absolute atomic E-state index is 14.3. The summed E-state index contributed by atoms with van der Waals surface area (Å²) in [6.07, 6.45) is 12.6. The van der Waals surface area contributed by atoms with E-state index in [1.54, 1.807) is 0 Å². The molecule has 1 aromatic carbocycles. The standard InChI is InChI=1S/C20H28ClF/c1-3-5-6-8-15-9-11-16(12-10-15)18-14-13-17(7-4-2)20(22)19(18)21/h11,13-15H,3-10,12H2,1-2H3. The van der Waals surface area contributed by atoms with Crippen molar-refractivity contribution in [3.63, 3.8) is 0 Å². The highest BCUT2D eigenvalue weighted by molar-refractivity contribution is 6.32. The van der Waals surface area contributed by atoms with Crippen LogP contribution in [0.1, 0.15) is 76.3 Å². The van der Waals surface area contributed by atoms with Gasteiger partial charge in [0.05, 0.1) is 5.02 Å².